The van der Waals surface area contributed by atoms with Crippen LogP contribution in [-0.4, -0.2) is 10.9 Å². The number of rotatable bonds is 4. The lowest BCUT2D eigenvalue weighted by Gasteiger charge is -2.04. The smallest absolute Gasteiger partial charge is 0.291 e. The number of aromatic nitrogens is 1. The largest absolute Gasteiger partial charge is 0.451 e. The minimum atomic E-state index is -0.397. The second-order valence-corrected chi connectivity index (χ2v) is 6.41. The lowest BCUT2D eigenvalue weighted by atomic mass is 10.1. The fraction of sp³-hybridized carbons (Fsp3) is 0. The summed E-state index contributed by atoms with van der Waals surface area (Å²) in [5, 5.41) is 5.60. The zero-order valence-electron chi connectivity index (χ0n) is 13.5. The molecule has 0 spiro atoms. The molecular formula is C20H13FN2O2S. The van der Waals surface area contributed by atoms with Crippen LogP contribution in [0.4, 0.5) is 10.1 Å². The first-order valence-corrected chi connectivity index (χ1v) is 8.75. The van der Waals surface area contributed by atoms with Gasteiger partial charge in [-0.3, -0.25) is 4.79 Å². The van der Waals surface area contributed by atoms with Crippen molar-refractivity contribution in [2.24, 2.45) is 0 Å². The van der Waals surface area contributed by atoms with Crippen molar-refractivity contribution in [3.05, 3.63) is 83.8 Å². The summed E-state index contributed by atoms with van der Waals surface area (Å²) in [7, 11) is 0. The van der Waals surface area contributed by atoms with Crippen LogP contribution in [0, 0.1) is 5.82 Å². The molecule has 1 N–H and O–H groups in total. The molecule has 2 aromatic carbocycles. The van der Waals surface area contributed by atoms with E-state index in [1.165, 1.54) is 12.1 Å². The van der Waals surface area contributed by atoms with Gasteiger partial charge in [0.2, 0.25) is 0 Å². The van der Waals surface area contributed by atoms with Crippen LogP contribution in [0.15, 0.2) is 76.7 Å². The van der Waals surface area contributed by atoms with Crippen molar-refractivity contribution in [2.75, 3.05) is 5.32 Å². The van der Waals surface area contributed by atoms with Gasteiger partial charge in [-0.05, 0) is 48.5 Å². The topological polar surface area (TPSA) is 55.1 Å². The average Bonchev–Trinajstić information content (AvgIpc) is 3.35. The van der Waals surface area contributed by atoms with Crippen molar-refractivity contribution in [1.82, 2.24) is 4.98 Å². The first-order valence-electron chi connectivity index (χ1n) is 7.87. The molecule has 2 aromatic heterocycles. The number of amides is 1. The summed E-state index contributed by atoms with van der Waals surface area (Å²) in [5.41, 5.74) is 1.94. The predicted octanol–water partition coefficient (Wildman–Crippen LogP) is 5.46. The minimum Gasteiger partial charge on any atom is -0.451 e. The third-order valence-corrected chi connectivity index (χ3v) is 4.61. The van der Waals surface area contributed by atoms with Crippen molar-refractivity contribution in [2.45, 2.75) is 0 Å². The summed E-state index contributed by atoms with van der Waals surface area (Å²) < 4.78 is 19.3. The van der Waals surface area contributed by atoms with Crippen LogP contribution >= 0.6 is 11.3 Å². The van der Waals surface area contributed by atoms with Crippen LogP contribution in [0.25, 0.3) is 21.9 Å². The summed E-state index contributed by atoms with van der Waals surface area (Å²) in [5.74, 6) is -0.360. The van der Waals surface area contributed by atoms with Crippen molar-refractivity contribution in [3.8, 4) is 21.9 Å². The molecule has 0 saturated heterocycles. The maximum absolute atomic E-state index is 13.8. The van der Waals surface area contributed by atoms with E-state index in [0.29, 0.717) is 17.0 Å². The summed E-state index contributed by atoms with van der Waals surface area (Å²) in [6.07, 6.45) is 1.75. The maximum atomic E-state index is 13.8. The Morgan fingerprint density at radius 3 is 2.58 bits per heavy atom. The Morgan fingerprint density at radius 1 is 1.04 bits per heavy atom. The van der Waals surface area contributed by atoms with Crippen molar-refractivity contribution >= 4 is 22.9 Å². The van der Waals surface area contributed by atoms with Gasteiger partial charge in [0.15, 0.2) is 5.76 Å². The summed E-state index contributed by atoms with van der Waals surface area (Å²) >= 11 is 1.55. The second kappa shape index (κ2) is 6.93. The number of hydrogen-bond donors (Lipinski definition) is 1. The summed E-state index contributed by atoms with van der Waals surface area (Å²) in [4.78, 5) is 16.6. The molecule has 0 bridgehead atoms. The predicted molar refractivity (Wildman–Crippen MR) is 99.6 cm³/mol. The van der Waals surface area contributed by atoms with E-state index < -0.39 is 11.7 Å². The molecule has 1 amide bonds. The Labute approximate surface area is 152 Å². The average molecular weight is 364 g/mol. The molecule has 0 atom stereocenters. The van der Waals surface area contributed by atoms with Crippen molar-refractivity contribution < 1.29 is 13.6 Å². The van der Waals surface area contributed by atoms with E-state index in [1.807, 2.05) is 17.5 Å². The lowest BCUT2D eigenvalue weighted by molar-refractivity contribution is 0.0997. The van der Waals surface area contributed by atoms with Gasteiger partial charge in [0, 0.05) is 22.8 Å². The third kappa shape index (κ3) is 3.27. The highest BCUT2D eigenvalue weighted by atomic mass is 32.1. The van der Waals surface area contributed by atoms with E-state index in [0.717, 1.165) is 10.6 Å². The molecule has 0 radical (unpaired) electrons. The maximum Gasteiger partial charge on any atom is 0.291 e. The normalized spacial score (nSPS) is 10.7. The lowest BCUT2D eigenvalue weighted by Crippen LogP contribution is -2.10. The number of nitrogens with one attached hydrogen (secondary N) is 1. The van der Waals surface area contributed by atoms with Crippen molar-refractivity contribution in [3.63, 3.8) is 0 Å². The van der Waals surface area contributed by atoms with Gasteiger partial charge in [-0.2, -0.15) is 0 Å². The third-order valence-electron chi connectivity index (χ3n) is 3.79. The Morgan fingerprint density at radius 2 is 1.85 bits per heavy atom. The standard InChI is InChI=1S/C20H13FN2O2S/c21-16-4-2-1-3-15(16)17-9-10-18(25-17)19(24)23-14-7-5-13(6-8-14)20-22-11-12-26-20/h1-12H,(H,23,24). The quantitative estimate of drug-likeness (QED) is 0.523. The molecule has 2 heterocycles. The molecule has 0 unspecified atom stereocenters. The van der Waals surface area contributed by atoms with Gasteiger partial charge in [0.05, 0.1) is 5.56 Å². The van der Waals surface area contributed by atoms with Gasteiger partial charge in [0.25, 0.3) is 5.91 Å². The minimum absolute atomic E-state index is 0.118. The van der Waals surface area contributed by atoms with Gasteiger partial charge >= 0.3 is 0 Å². The zero-order valence-corrected chi connectivity index (χ0v) is 14.3. The van der Waals surface area contributed by atoms with Crippen LogP contribution in [-0.2, 0) is 0 Å². The first kappa shape index (κ1) is 16.2. The Balaban J connectivity index is 1.49. The van der Waals surface area contributed by atoms with E-state index in [2.05, 4.69) is 10.3 Å². The van der Waals surface area contributed by atoms with Crippen LogP contribution in [0.3, 0.4) is 0 Å². The molecule has 4 nitrogen and oxygen atoms in total. The molecule has 128 valence electrons. The molecule has 0 fully saturated rings. The molecule has 6 heteroatoms. The highest BCUT2D eigenvalue weighted by Crippen LogP contribution is 2.26. The zero-order chi connectivity index (χ0) is 17.9. The first-order chi connectivity index (χ1) is 12.7. The monoisotopic (exact) mass is 364 g/mol. The fourth-order valence-corrected chi connectivity index (χ4v) is 3.17. The van der Waals surface area contributed by atoms with Gasteiger partial charge in [-0.25, -0.2) is 9.37 Å². The van der Waals surface area contributed by atoms with Crippen LogP contribution < -0.4 is 5.32 Å². The van der Waals surface area contributed by atoms with E-state index in [9.17, 15) is 9.18 Å². The highest BCUT2D eigenvalue weighted by Gasteiger charge is 2.14. The molecule has 4 aromatic rings. The number of carbonyl (C=O) groups is 1. The molecule has 0 aliphatic rings. The highest BCUT2D eigenvalue weighted by molar-refractivity contribution is 7.13. The SMILES string of the molecule is O=C(Nc1ccc(-c2nccs2)cc1)c1ccc(-c2ccccc2F)o1. The van der Waals surface area contributed by atoms with E-state index in [4.69, 9.17) is 4.42 Å². The van der Waals surface area contributed by atoms with Crippen molar-refractivity contribution in [1.29, 1.82) is 0 Å². The Hall–Kier alpha value is -3.25. The molecule has 0 aliphatic carbocycles. The Bertz CT molecular complexity index is 1040. The fourth-order valence-electron chi connectivity index (χ4n) is 2.52. The number of furan rings is 1. The van der Waals surface area contributed by atoms with E-state index in [1.54, 1.807) is 53.9 Å². The number of carbonyl (C=O) groups excluding carboxylic acids is 1. The number of nitrogens with zero attached hydrogens (tertiary/aromatic N) is 1. The number of hydrogen-bond acceptors (Lipinski definition) is 4. The molecule has 0 saturated carbocycles. The molecular weight excluding hydrogens is 351 g/mol. The molecule has 0 aliphatic heterocycles. The number of benzene rings is 2. The Kier molecular flexibility index (Phi) is 4.33. The van der Waals surface area contributed by atoms with E-state index in [-0.39, 0.29) is 5.76 Å². The summed E-state index contributed by atoms with van der Waals surface area (Å²) in [6, 6.07) is 16.8. The number of thiazole rings is 1. The van der Waals surface area contributed by atoms with Gasteiger partial charge < -0.3 is 9.73 Å². The van der Waals surface area contributed by atoms with Gasteiger partial charge in [0.1, 0.15) is 16.6 Å². The second-order valence-electron chi connectivity index (χ2n) is 5.51. The number of halogens is 1. The van der Waals surface area contributed by atoms with E-state index >= 15 is 0 Å². The molecule has 4 rings (SSSR count). The van der Waals surface area contributed by atoms with Gasteiger partial charge in [-0.15, -0.1) is 11.3 Å². The van der Waals surface area contributed by atoms with Gasteiger partial charge in [-0.1, -0.05) is 12.1 Å². The number of anilines is 1. The van der Waals surface area contributed by atoms with Crippen LogP contribution in [0.5, 0.6) is 0 Å². The summed E-state index contributed by atoms with van der Waals surface area (Å²) in [6.45, 7) is 0. The van der Waals surface area contributed by atoms with Crippen LogP contribution in [0.1, 0.15) is 10.6 Å². The molecule has 26 heavy (non-hydrogen) atoms. The van der Waals surface area contributed by atoms with Crippen LogP contribution in [0.2, 0.25) is 0 Å².